The van der Waals surface area contributed by atoms with Crippen LogP contribution in [0.25, 0.3) is 0 Å². The molecule has 1 aromatic rings. The first-order valence-electron chi connectivity index (χ1n) is 5.83. The molecule has 0 aliphatic carbocycles. The quantitative estimate of drug-likeness (QED) is 0.895. The predicted molar refractivity (Wildman–Crippen MR) is 75.9 cm³/mol. The highest BCUT2D eigenvalue weighted by atomic mass is 79.9. The summed E-state index contributed by atoms with van der Waals surface area (Å²) in [6.45, 7) is 0.867. The minimum absolute atomic E-state index is 0.290. The molecule has 4 nitrogen and oxygen atoms in total. The molecular weight excluding hydrogens is 332 g/mol. The van der Waals surface area contributed by atoms with Gasteiger partial charge in [0.05, 0.1) is 11.8 Å². The summed E-state index contributed by atoms with van der Waals surface area (Å²) >= 11 is 9.18. The van der Waals surface area contributed by atoms with Gasteiger partial charge in [0, 0.05) is 22.7 Å². The minimum atomic E-state index is -1.00. The van der Waals surface area contributed by atoms with Gasteiger partial charge in [0.25, 0.3) is 0 Å². The third-order valence-corrected chi connectivity index (χ3v) is 4.07. The van der Waals surface area contributed by atoms with Gasteiger partial charge in [-0.3, -0.25) is 4.79 Å². The van der Waals surface area contributed by atoms with Crippen LogP contribution in [0, 0.1) is 16.7 Å². The van der Waals surface area contributed by atoms with Gasteiger partial charge in [-0.25, -0.2) is 0 Å². The molecule has 1 amide bonds. The summed E-state index contributed by atoms with van der Waals surface area (Å²) < 4.78 is 5.90. The number of carbonyl (C=O) groups is 1. The maximum absolute atomic E-state index is 12.3. The third kappa shape index (κ3) is 3.08. The Kier molecular flexibility index (Phi) is 4.46. The second kappa shape index (κ2) is 5.91. The number of anilines is 1. The van der Waals surface area contributed by atoms with Crippen molar-refractivity contribution in [1.29, 1.82) is 5.26 Å². The number of amides is 1. The molecule has 1 saturated heterocycles. The number of ether oxygens (including phenoxy) is 1. The van der Waals surface area contributed by atoms with E-state index >= 15 is 0 Å². The summed E-state index contributed by atoms with van der Waals surface area (Å²) in [6.07, 6.45) is 0.834. The van der Waals surface area contributed by atoms with E-state index in [9.17, 15) is 10.1 Å². The van der Waals surface area contributed by atoms with E-state index in [2.05, 4.69) is 27.3 Å². The molecule has 1 N–H and O–H groups in total. The molecule has 1 heterocycles. The Hall–Kier alpha value is -1.09. The smallest absolute Gasteiger partial charge is 0.245 e. The first-order chi connectivity index (χ1) is 9.07. The molecule has 0 spiro atoms. The molecule has 19 heavy (non-hydrogen) atoms. The monoisotopic (exact) mass is 342 g/mol. The Bertz CT molecular complexity index is 536. The number of halogens is 2. The molecule has 0 unspecified atom stereocenters. The summed E-state index contributed by atoms with van der Waals surface area (Å²) in [6, 6.07) is 7.22. The normalized spacial score (nSPS) is 17.5. The van der Waals surface area contributed by atoms with Gasteiger partial charge in [0.15, 0.2) is 0 Å². The lowest BCUT2D eigenvalue weighted by atomic mass is 9.81. The summed E-state index contributed by atoms with van der Waals surface area (Å²) in [7, 11) is 0. The molecule has 0 radical (unpaired) electrons. The Morgan fingerprint density at radius 3 is 2.74 bits per heavy atom. The Morgan fingerprint density at radius 2 is 2.16 bits per heavy atom. The van der Waals surface area contributed by atoms with E-state index in [0.29, 0.717) is 41.2 Å². The highest BCUT2D eigenvalue weighted by Gasteiger charge is 2.40. The molecule has 1 aliphatic heterocycles. The average Bonchev–Trinajstić information content (AvgIpc) is 2.42. The van der Waals surface area contributed by atoms with E-state index in [1.807, 2.05) is 0 Å². The Balaban J connectivity index is 2.18. The fraction of sp³-hybridized carbons (Fsp3) is 0.385. The van der Waals surface area contributed by atoms with Crippen LogP contribution in [0.2, 0.25) is 5.02 Å². The number of rotatable bonds is 2. The lowest BCUT2D eigenvalue weighted by Crippen LogP contribution is -2.40. The van der Waals surface area contributed by atoms with Crippen molar-refractivity contribution in [2.24, 2.45) is 5.41 Å². The predicted octanol–water partition coefficient (Wildman–Crippen LogP) is 3.36. The van der Waals surface area contributed by atoms with Crippen LogP contribution >= 0.6 is 27.5 Å². The van der Waals surface area contributed by atoms with Gasteiger partial charge in [-0.15, -0.1) is 0 Å². The van der Waals surface area contributed by atoms with Gasteiger partial charge in [0.1, 0.15) is 5.41 Å². The van der Waals surface area contributed by atoms with Crippen LogP contribution in [-0.4, -0.2) is 19.1 Å². The zero-order valence-electron chi connectivity index (χ0n) is 10.1. The second-order valence-corrected chi connectivity index (χ2v) is 5.68. The van der Waals surface area contributed by atoms with Crippen LogP contribution in [0.3, 0.4) is 0 Å². The number of nitrogens with one attached hydrogen (secondary N) is 1. The molecule has 0 atom stereocenters. The fourth-order valence-electron chi connectivity index (χ4n) is 1.94. The van der Waals surface area contributed by atoms with Gasteiger partial charge < -0.3 is 10.1 Å². The number of nitrogens with zero attached hydrogens (tertiary/aromatic N) is 1. The molecule has 0 aromatic heterocycles. The number of carbonyl (C=O) groups excluding carboxylic acids is 1. The lowest BCUT2D eigenvalue weighted by molar-refractivity contribution is -0.126. The molecule has 1 fully saturated rings. The maximum atomic E-state index is 12.3. The average molecular weight is 344 g/mol. The van der Waals surface area contributed by atoms with E-state index in [-0.39, 0.29) is 5.91 Å². The molecule has 1 aromatic carbocycles. The van der Waals surface area contributed by atoms with Crippen molar-refractivity contribution in [3.63, 3.8) is 0 Å². The Labute approximate surface area is 124 Å². The van der Waals surface area contributed by atoms with Crippen LogP contribution in [0.4, 0.5) is 5.69 Å². The summed E-state index contributed by atoms with van der Waals surface area (Å²) in [4.78, 5) is 12.3. The van der Waals surface area contributed by atoms with Crippen molar-refractivity contribution in [2.45, 2.75) is 12.8 Å². The highest BCUT2D eigenvalue weighted by Crippen LogP contribution is 2.33. The molecule has 1 aliphatic rings. The topological polar surface area (TPSA) is 62.1 Å². The molecule has 100 valence electrons. The van der Waals surface area contributed by atoms with Gasteiger partial charge in [-0.2, -0.15) is 5.26 Å². The van der Waals surface area contributed by atoms with Crippen LogP contribution < -0.4 is 5.32 Å². The molecule has 0 saturated carbocycles. The molecular formula is C13H12BrClN2O2. The van der Waals surface area contributed by atoms with Gasteiger partial charge in [0.2, 0.25) is 5.91 Å². The van der Waals surface area contributed by atoms with Gasteiger partial charge >= 0.3 is 0 Å². The van der Waals surface area contributed by atoms with Crippen LogP contribution in [0.15, 0.2) is 22.7 Å². The van der Waals surface area contributed by atoms with Gasteiger partial charge in [-0.1, -0.05) is 11.6 Å². The SMILES string of the molecule is N#CC1(C(=O)Nc2ccc(Cl)cc2Br)CCOCC1. The van der Waals surface area contributed by atoms with E-state index in [4.69, 9.17) is 16.3 Å². The van der Waals surface area contributed by atoms with Crippen molar-refractivity contribution in [2.75, 3.05) is 18.5 Å². The van der Waals surface area contributed by atoms with E-state index in [1.54, 1.807) is 18.2 Å². The molecule has 6 heteroatoms. The number of hydrogen-bond donors (Lipinski definition) is 1. The van der Waals surface area contributed by atoms with Crippen molar-refractivity contribution < 1.29 is 9.53 Å². The first kappa shape index (κ1) is 14.3. The van der Waals surface area contributed by atoms with E-state index < -0.39 is 5.41 Å². The van der Waals surface area contributed by atoms with Crippen LogP contribution in [0.5, 0.6) is 0 Å². The maximum Gasteiger partial charge on any atom is 0.245 e. The Morgan fingerprint density at radius 1 is 1.47 bits per heavy atom. The van der Waals surface area contributed by atoms with Crippen LogP contribution in [-0.2, 0) is 9.53 Å². The van der Waals surface area contributed by atoms with Gasteiger partial charge in [-0.05, 0) is 47.0 Å². The van der Waals surface area contributed by atoms with E-state index in [1.165, 1.54) is 0 Å². The summed E-state index contributed by atoms with van der Waals surface area (Å²) in [5.74, 6) is -0.290. The third-order valence-electron chi connectivity index (χ3n) is 3.17. The second-order valence-electron chi connectivity index (χ2n) is 4.38. The fourth-order valence-corrected chi connectivity index (χ4v) is 2.72. The van der Waals surface area contributed by atoms with Crippen molar-refractivity contribution >= 4 is 39.1 Å². The van der Waals surface area contributed by atoms with Crippen molar-refractivity contribution in [3.05, 3.63) is 27.7 Å². The zero-order chi connectivity index (χ0) is 13.9. The van der Waals surface area contributed by atoms with Crippen LogP contribution in [0.1, 0.15) is 12.8 Å². The van der Waals surface area contributed by atoms with Crippen molar-refractivity contribution in [1.82, 2.24) is 0 Å². The highest BCUT2D eigenvalue weighted by molar-refractivity contribution is 9.10. The standard InChI is InChI=1S/C13H12BrClN2O2/c14-10-7-9(15)1-2-11(10)17-12(18)13(8-16)3-5-19-6-4-13/h1-2,7H,3-6H2,(H,17,18). The number of hydrogen-bond acceptors (Lipinski definition) is 3. The zero-order valence-corrected chi connectivity index (χ0v) is 12.4. The largest absolute Gasteiger partial charge is 0.381 e. The molecule has 0 bridgehead atoms. The summed E-state index contributed by atoms with van der Waals surface area (Å²) in [5.41, 5.74) is -0.396. The van der Waals surface area contributed by atoms with E-state index in [0.717, 1.165) is 0 Å². The minimum Gasteiger partial charge on any atom is -0.381 e. The lowest BCUT2D eigenvalue weighted by Gasteiger charge is -2.29. The number of benzene rings is 1. The summed E-state index contributed by atoms with van der Waals surface area (Å²) in [5, 5.41) is 12.7. The molecule has 2 rings (SSSR count). The number of nitriles is 1. The first-order valence-corrected chi connectivity index (χ1v) is 7.00. The van der Waals surface area contributed by atoms with Crippen molar-refractivity contribution in [3.8, 4) is 6.07 Å².